The lowest BCUT2D eigenvalue weighted by Crippen LogP contribution is -2.56. The number of nitrogens with zero attached hydrogens (tertiary/aromatic N) is 4. The number of nitrogens with one attached hydrogen (secondary N) is 2. The predicted molar refractivity (Wildman–Crippen MR) is 122 cm³/mol. The van der Waals surface area contributed by atoms with E-state index < -0.39 is 5.91 Å². The summed E-state index contributed by atoms with van der Waals surface area (Å²) in [5, 5.41) is 21.0. The van der Waals surface area contributed by atoms with Gasteiger partial charge in [-0.15, -0.1) is 0 Å². The molecule has 1 aromatic heterocycles. The Balaban J connectivity index is 1.64. The van der Waals surface area contributed by atoms with Gasteiger partial charge in [-0.3, -0.25) is 20.7 Å². The molecule has 0 radical (unpaired) electrons. The Hall–Kier alpha value is -3.69. The average Bonchev–Trinajstić information content (AvgIpc) is 2.86. The largest absolute Gasteiger partial charge is 0.359 e. The lowest BCUT2D eigenvalue weighted by Gasteiger charge is -2.43. The second-order valence-corrected chi connectivity index (χ2v) is 7.58. The first kappa shape index (κ1) is 21.5. The van der Waals surface area contributed by atoms with Crippen LogP contribution in [0.1, 0.15) is 23.7 Å². The van der Waals surface area contributed by atoms with Crippen molar-refractivity contribution in [1.82, 2.24) is 20.9 Å². The SMILES string of the molecule is CC/C=C(/NO)C1CN(c2ncc(C(=O)NO)cn2)CCN1c1ccc2ccccc2c1. The molecular formula is C23H26N6O3. The van der Waals surface area contributed by atoms with Gasteiger partial charge in [-0.2, -0.15) is 0 Å². The third kappa shape index (κ3) is 4.34. The molecule has 0 bridgehead atoms. The summed E-state index contributed by atoms with van der Waals surface area (Å²) < 4.78 is 0. The van der Waals surface area contributed by atoms with Crippen LogP contribution in [0.2, 0.25) is 0 Å². The van der Waals surface area contributed by atoms with E-state index in [0.717, 1.165) is 17.5 Å². The third-order valence-electron chi connectivity index (χ3n) is 5.64. The van der Waals surface area contributed by atoms with Gasteiger partial charge in [0.2, 0.25) is 5.95 Å². The topological polar surface area (TPSA) is 114 Å². The number of aromatic nitrogens is 2. The van der Waals surface area contributed by atoms with Crippen molar-refractivity contribution in [3.8, 4) is 0 Å². The Kier molecular flexibility index (Phi) is 6.48. The van der Waals surface area contributed by atoms with Crippen molar-refractivity contribution < 1.29 is 15.2 Å². The second-order valence-electron chi connectivity index (χ2n) is 7.58. The molecule has 2 aromatic carbocycles. The highest BCUT2D eigenvalue weighted by Gasteiger charge is 2.31. The van der Waals surface area contributed by atoms with Crippen LogP contribution in [0.15, 0.2) is 66.6 Å². The number of hydrogen-bond donors (Lipinski definition) is 4. The molecule has 9 heteroatoms. The minimum absolute atomic E-state index is 0.154. The van der Waals surface area contributed by atoms with Gasteiger partial charge in [-0.1, -0.05) is 43.3 Å². The first-order valence-electron chi connectivity index (χ1n) is 10.5. The van der Waals surface area contributed by atoms with Crippen molar-refractivity contribution in [3.05, 3.63) is 72.2 Å². The van der Waals surface area contributed by atoms with Gasteiger partial charge in [-0.25, -0.2) is 15.4 Å². The van der Waals surface area contributed by atoms with Crippen molar-refractivity contribution in [1.29, 1.82) is 0 Å². The molecule has 1 atom stereocenters. The first-order chi connectivity index (χ1) is 15.6. The molecule has 166 valence electrons. The van der Waals surface area contributed by atoms with Crippen LogP contribution in [0.25, 0.3) is 10.8 Å². The fourth-order valence-electron chi connectivity index (χ4n) is 4.04. The fourth-order valence-corrected chi connectivity index (χ4v) is 4.04. The van der Waals surface area contributed by atoms with Gasteiger partial charge in [0.1, 0.15) is 0 Å². The third-order valence-corrected chi connectivity index (χ3v) is 5.64. The van der Waals surface area contributed by atoms with Gasteiger partial charge in [0.25, 0.3) is 5.91 Å². The monoisotopic (exact) mass is 434 g/mol. The average molecular weight is 435 g/mol. The van der Waals surface area contributed by atoms with Crippen molar-refractivity contribution in [2.75, 3.05) is 29.4 Å². The molecule has 0 aliphatic carbocycles. The maximum absolute atomic E-state index is 11.5. The van der Waals surface area contributed by atoms with Gasteiger partial charge in [0, 0.05) is 37.7 Å². The van der Waals surface area contributed by atoms with E-state index in [1.807, 2.05) is 30.0 Å². The smallest absolute Gasteiger partial charge is 0.277 e. The molecule has 1 aliphatic heterocycles. The van der Waals surface area contributed by atoms with E-state index in [-0.39, 0.29) is 11.6 Å². The number of fused-ring (bicyclic) bond motifs is 1. The summed E-state index contributed by atoms with van der Waals surface area (Å²) in [6.07, 6.45) is 5.50. The van der Waals surface area contributed by atoms with E-state index in [4.69, 9.17) is 5.21 Å². The Morgan fingerprint density at radius 3 is 2.53 bits per heavy atom. The van der Waals surface area contributed by atoms with Crippen LogP contribution >= 0.6 is 0 Å². The molecule has 4 N–H and O–H groups in total. The molecule has 32 heavy (non-hydrogen) atoms. The Bertz CT molecular complexity index is 1120. The lowest BCUT2D eigenvalue weighted by molar-refractivity contribution is 0.0705. The Labute approximate surface area is 185 Å². The van der Waals surface area contributed by atoms with E-state index >= 15 is 0 Å². The van der Waals surface area contributed by atoms with E-state index in [1.54, 1.807) is 5.48 Å². The zero-order valence-corrected chi connectivity index (χ0v) is 17.8. The lowest BCUT2D eigenvalue weighted by atomic mass is 10.0. The number of anilines is 2. The summed E-state index contributed by atoms with van der Waals surface area (Å²) in [7, 11) is 0. The minimum atomic E-state index is -0.659. The number of piperazine rings is 1. The number of rotatable bonds is 6. The second kappa shape index (κ2) is 9.63. The number of hydroxylamine groups is 2. The van der Waals surface area contributed by atoms with Crippen LogP contribution in [0.3, 0.4) is 0 Å². The van der Waals surface area contributed by atoms with E-state index in [2.05, 4.69) is 50.7 Å². The number of carbonyl (C=O) groups excluding carboxylic acids is 1. The standard InChI is InChI=1S/C23H26N6O3/c1-2-5-20(26-31)21-15-28(23-24-13-18(14-25-23)22(30)27-32)10-11-29(21)19-9-8-16-6-3-4-7-17(16)12-19/h3-9,12-14,21,26,31-32H,2,10-11,15H2,1H3,(H,27,30)/b20-5+. The number of hydrogen-bond acceptors (Lipinski definition) is 8. The molecule has 2 heterocycles. The van der Waals surface area contributed by atoms with Crippen molar-refractivity contribution in [2.45, 2.75) is 19.4 Å². The van der Waals surface area contributed by atoms with Crippen LogP contribution in [0.4, 0.5) is 11.6 Å². The molecule has 1 fully saturated rings. The summed E-state index contributed by atoms with van der Waals surface area (Å²) >= 11 is 0. The highest BCUT2D eigenvalue weighted by atomic mass is 16.5. The molecule has 3 aromatic rings. The normalized spacial score (nSPS) is 16.8. The maximum atomic E-state index is 11.5. The van der Waals surface area contributed by atoms with Gasteiger partial charge < -0.3 is 9.80 Å². The molecule has 1 aliphatic rings. The quantitative estimate of drug-likeness (QED) is 0.346. The summed E-state index contributed by atoms with van der Waals surface area (Å²) in [6, 6.07) is 14.5. The summed E-state index contributed by atoms with van der Waals surface area (Å²) in [5.74, 6) is -0.176. The number of carbonyl (C=O) groups is 1. The van der Waals surface area contributed by atoms with Crippen molar-refractivity contribution in [3.63, 3.8) is 0 Å². The van der Waals surface area contributed by atoms with Gasteiger partial charge in [0.15, 0.2) is 0 Å². The van der Waals surface area contributed by atoms with Gasteiger partial charge >= 0.3 is 0 Å². The van der Waals surface area contributed by atoms with Crippen molar-refractivity contribution in [2.24, 2.45) is 0 Å². The summed E-state index contributed by atoms with van der Waals surface area (Å²) in [4.78, 5) is 24.4. The van der Waals surface area contributed by atoms with Gasteiger partial charge in [0.05, 0.1) is 17.3 Å². The Morgan fingerprint density at radius 2 is 1.84 bits per heavy atom. The minimum Gasteiger partial charge on any atom is -0.359 e. The maximum Gasteiger partial charge on any atom is 0.277 e. The Morgan fingerprint density at radius 1 is 1.09 bits per heavy atom. The highest BCUT2D eigenvalue weighted by Crippen LogP contribution is 2.28. The van der Waals surface area contributed by atoms with Crippen LogP contribution in [0.5, 0.6) is 0 Å². The first-order valence-corrected chi connectivity index (χ1v) is 10.5. The zero-order valence-electron chi connectivity index (χ0n) is 17.8. The van der Waals surface area contributed by atoms with Crippen LogP contribution in [-0.2, 0) is 0 Å². The van der Waals surface area contributed by atoms with Crippen molar-refractivity contribution >= 4 is 28.3 Å². The molecule has 9 nitrogen and oxygen atoms in total. The molecule has 0 spiro atoms. The fraction of sp³-hybridized carbons (Fsp3) is 0.261. The van der Waals surface area contributed by atoms with Crippen LogP contribution in [-0.4, -0.2) is 52.0 Å². The van der Waals surface area contributed by atoms with E-state index in [9.17, 15) is 10.0 Å². The molecular weight excluding hydrogens is 408 g/mol. The highest BCUT2D eigenvalue weighted by molar-refractivity contribution is 5.92. The van der Waals surface area contributed by atoms with Gasteiger partial charge in [-0.05, 0) is 29.3 Å². The van der Waals surface area contributed by atoms with Crippen LogP contribution in [0, 0.1) is 0 Å². The van der Waals surface area contributed by atoms with Crippen LogP contribution < -0.4 is 20.8 Å². The zero-order chi connectivity index (χ0) is 22.5. The van der Waals surface area contributed by atoms with E-state index in [0.29, 0.717) is 31.3 Å². The molecule has 1 unspecified atom stereocenters. The predicted octanol–water partition coefficient (Wildman–Crippen LogP) is 2.72. The molecule has 1 amide bonds. The number of amides is 1. The number of benzene rings is 2. The summed E-state index contributed by atoms with van der Waals surface area (Å²) in [5.41, 5.74) is 5.92. The molecule has 0 saturated carbocycles. The molecule has 4 rings (SSSR count). The van der Waals surface area contributed by atoms with E-state index in [1.165, 1.54) is 17.8 Å². The number of allylic oxidation sites excluding steroid dienone is 1. The summed E-state index contributed by atoms with van der Waals surface area (Å²) in [6.45, 7) is 3.91. The molecule has 1 saturated heterocycles.